The monoisotopic (exact) mass is 903 g/mol. The highest BCUT2D eigenvalue weighted by molar-refractivity contribution is 6.11. The van der Waals surface area contributed by atoms with E-state index in [1.54, 1.807) is 24.3 Å². The minimum Gasteiger partial charge on any atom is -0.457 e. The maximum Gasteiger partial charge on any atom is 0.137 e. The first-order chi connectivity index (χ1) is 40.3. The van der Waals surface area contributed by atoms with Gasteiger partial charge in [-0.3, -0.25) is 4.57 Å². The summed E-state index contributed by atoms with van der Waals surface area (Å²) >= 11 is 0. The molecule has 0 atom stereocenters. The Hall–Kier alpha value is -7.89. The lowest BCUT2D eigenvalue weighted by Gasteiger charge is -2.29. The molecule has 8 aromatic carbocycles. The van der Waals surface area contributed by atoms with Gasteiger partial charge in [-0.2, -0.15) is 0 Å². The van der Waals surface area contributed by atoms with Gasteiger partial charge in [0.15, 0.2) is 0 Å². The van der Waals surface area contributed by atoms with Gasteiger partial charge in [0.1, 0.15) is 24.0 Å². The van der Waals surface area contributed by atoms with Crippen LogP contribution < -0.4 is 14.5 Å². The van der Waals surface area contributed by atoms with E-state index >= 15 is 0 Å². The predicted octanol–water partition coefficient (Wildman–Crippen LogP) is 17.1. The molecule has 0 saturated heterocycles. The van der Waals surface area contributed by atoms with Crippen molar-refractivity contribution in [2.24, 2.45) is 0 Å². The van der Waals surface area contributed by atoms with Crippen molar-refractivity contribution in [1.82, 2.24) is 9.55 Å². The van der Waals surface area contributed by atoms with Crippen molar-refractivity contribution in [3.63, 3.8) is 0 Å². The van der Waals surface area contributed by atoms with Crippen LogP contribution in [0.5, 0.6) is 11.5 Å². The lowest BCUT2D eigenvalue weighted by atomic mass is 9.78. The van der Waals surface area contributed by atoms with Crippen molar-refractivity contribution >= 4 is 44.6 Å². The Morgan fingerprint density at radius 1 is 0.544 bits per heavy atom. The number of para-hydroxylation sites is 3. The lowest BCUT2D eigenvalue weighted by Crippen LogP contribution is -2.25. The minimum absolute atomic E-state index is 0.0160. The molecule has 0 N–H and O–H groups in total. The summed E-state index contributed by atoms with van der Waals surface area (Å²) in [7, 11) is 0. The second kappa shape index (κ2) is 16.8. The Morgan fingerprint density at radius 3 is 1.93 bits per heavy atom. The Balaban J connectivity index is 1.09. The van der Waals surface area contributed by atoms with E-state index in [4.69, 9.17) is 19.8 Å². The van der Waals surface area contributed by atoms with Crippen LogP contribution in [0.3, 0.4) is 0 Å². The summed E-state index contributed by atoms with van der Waals surface area (Å²) in [6.45, 7) is 10.4. The molecular formula is C63H56N4O. The summed E-state index contributed by atoms with van der Waals surface area (Å²) in [6, 6.07) is 22.1. The SMILES string of the molecule is [2H]c1c([2H])c([2H])c(-c2cccc(-c3cc(C(C)(C)C)cc(C(C)(C)C)c3)c2N2CN(c3cccc(Oc4cc5c(c([2H])c4[2H])c4c([2H])c(-c6c([2H])c([2H])c([2H])c([2H])c6[2H])c([2H])c([2H])c4n5-c4cc(C([2H])([2H])[2H])ccn4)c3)c3ccccc32)c([2H])c1[2H]. The average Bonchev–Trinajstić information content (AvgIpc) is 1.52. The molecular weight excluding hydrogens is 829 g/mol. The van der Waals surface area contributed by atoms with Gasteiger partial charge < -0.3 is 14.5 Å². The maximum absolute atomic E-state index is 9.66. The molecule has 1 aliphatic heterocycles. The molecule has 0 radical (unpaired) electrons. The Kier molecular flexibility index (Phi) is 6.67. The van der Waals surface area contributed by atoms with Crippen molar-refractivity contribution in [2.75, 3.05) is 16.5 Å². The molecule has 1 aliphatic rings. The fourth-order valence-electron chi connectivity index (χ4n) is 8.76. The third-order valence-electron chi connectivity index (χ3n) is 12.2. The fraction of sp³-hybridized carbons (Fsp3) is 0.159. The zero-order valence-electron chi connectivity index (χ0n) is 56.3. The van der Waals surface area contributed by atoms with E-state index in [9.17, 15) is 9.60 Å². The molecule has 0 spiro atoms. The van der Waals surface area contributed by atoms with Gasteiger partial charge in [0, 0.05) is 50.0 Å². The lowest BCUT2D eigenvalue weighted by molar-refractivity contribution is 0.483. The largest absolute Gasteiger partial charge is 0.457 e. The van der Waals surface area contributed by atoms with Crippen LogP contribution in [-0.4, -0.2) is 16.2 Å². The third kappa shape index (κ3) is 7.88. The van der Waals surface area contributed by atoms with Crippen molar-refractivity contribution in [1.29, 1.82) is 0 Å². The van der Waals surface area contributed by atoms with Gasteiger partial charge in [-0.25, -0.2) is 4.98 Å². The fourth-order valence-corrected chi connectivity index (χ4v) is 8.76. The Morgan fingerprint density at radius 2 is 1.22 bits per heavy atom. The van der Waals surface area contributed by atoms with Crippen LogP contribution in [0.25, 0.3) is 61.0 Å². The molecule has 10 aromatic rings. The molecule has 5 heteroatoms. The van der Waals surface area contributed by atoms with Gasteiger partial charge >= 0.3 is 0 Å². The molecule has 3 heterocycles. The first kappa shape index (κ1) is 27.1. The van der Waals surface area contributed by atoms with Crippen molar-refractivity contribution in [2.45, 2.75) is 59.2 Å². The summed E-state index contributed by atoms with van der Waals surface area (Å²) in [5.74, 6) is -0.0702. The Labute approximate surface area is 425 Å². The second-order valence-corrected chi connectivity index (χ2v) is 18.8. The van der Waals surface area contributed by atoms with E-state index in [0.717, 1.165) is 33.6 Å². The number of hydrogen-bond acceptors (Lipinski definition) is 4. The van der Waals surface area contributed by atoms with Crippen LogP contribution in [0.1, 0.15) is 82.9 Å². The van der Waals surface area contributed by atoms with Crippen LogP contribution >= 0.6 is 0 Å². The number of pyridine rings is 1. The topological polar surface area (TPSA) is 33.5 Å². The molecule has 334 valence electrons. The number of anilines is 4. The molecule has 0 amide bonds. The molecule has 0 unspecified atom stereocenters. The number of aryl methyl sites for hydroxylation is 1. The number of aromatic nitrogens is 2. The van der Waals surface area contributed by atoms with Crippen LogP contribution in [0.15, 0.2) is 200 Å². The number of ether oxygens (including phenoxy) is 1. The molecule has 11 rings (SSSR count). The molecule has 5 nitrogen and oxygen atoms in total. The van der Waals surface area contributed by atoms with Gasteiger partial charge in [-0.1, -0.05) is 163 Å². The number of benzene rings is 8. The van der Waals surface area contributed by atoms with Gasteiger partial charge in [-0.05, 0) is 117 Å². The number of nitrogens with zero attached hydrogens (tertiary/aromatic N) is 4. The highest BCUT2D eigenvalue weighted by atomic mass is 16.5. The summed E-state index contributed by atoms with van der Waals surface area (Å²) in [5, 5.41) is -0.308. The number of fused-ring (bicyclic) bond motifs is 4. The molecule has 68 heavy (non-hydrogen) atoms. The summed E-state index contributed by atoms with van der Waals surface area (Å²) in [5.41, 5.74) is 5.04. The first-order valence-electron chi connectivity index (χ1n) is 31.2. The number of hydrogen-bond donors (Lipinski definition) is 0. The minimum atomic E-state index is -2.64. The van der Waals surface area contributed by atoms with Crippen LogP contribution in [0.4, 0.5) is 22.7 Å². The molecule has 0 aliphatic carbocycles. The average molecular weight is 903 g/mol. The van der Waals surface area contributed by atoms with Crippen LogP contribution in [0, 0.1) is 6.85 Å². The number of rotatable bonds is 8. The second-order valence-electron chi connectivity index (χ2n) is 18.8. The predicted molar refractivity (Wildman–Crippen MR) is 286 cm³/mol. The van der Waals surface area contributed by atoms with Gasteiger partial charge in [0.05, 0.1) is 48.7 Å². The maximum atomic E-state index is 9.66. The molecule has 2 aromatic heterocycles. The smallest absolute Gasteiger partial charge is 0.137 e. The van der Waals surface area contributed by atoms with Gasteiger partial charge in [0.2, 0.25) is 0 Å². The summed E-state index contributed by atoms with van der Waals surface area (Å²) in [6.07, 6.45) is 1.24. The quantitative estimate of drug-likeness (QED) is 0.152. The van der Waals surface area contributed by atoms with Crippen LogP contribution in [-0.2, 0) is 10.8 Å². The van der Waals surface area contributed by atoms with Crippen LogP contribution in [0.2, 0.25) is 0 Å². The third-order valence-corrected chi connectivity index (χ3v) is 12.2. The van der Waals surface area contributed by atoms with E-state index in [1.165, 1.54) is 29.0 Å². The van der Waals surface area contributed by atoms with Gasteiger partial charge in [-0.15, -0.1) is 0 Å². The van der Waals surface area contributed by atoms with E-state index in [-0.39, 0.29) is 79.8 Å². The highest BCUT2D eigenvalue weighted by Gasteiger charge is 2.32. The van der Waals surface area contributed by atoms with E-state index in [0.29, 0.717) is 16.9 Å². The molecule has 0 bridgehead atoms. The van der Waals surface area contributed by atoms with Crippen molar-refractivity contribution < 1.29 is 29.4 Å². The molecule has 0 fully saturated rings. The zero-order chi connectivity index (χ0) is 62.3. The summed E-state index contributed by atoms with van der Waals surface area (Å²) < 4.78 is 167. The van der Waals surface area contributed by atoms with Gasteiger partial charge in [0.25, 0.3) is 0 Å². The first-order valence-corrected chi connectivity index (χ1v) is 22.2. The standard InChI is InChI=1S/C63H56N4O/c1-42-32-33-64-60(34-42)67-56-31-28-45(43-18-10-8-11-19-43)37-55(56)54-30-29-51(40-59(54)67)68-50-23-16-22-49(39-50)65-41-66(58-27-15-14-26-57(58)65)61-52(44-20-12-9-13-21-44)24-17-25-53(61)46-35-47(62(2,3)4)38-48(36-46)63(5,6)7/h8-40H,41H2,1-7H3/i1D3,8D,9D,10D,11D,12D,13D,18D,19D,20D,21D,28D,29D,30D,31D,37D. The van der Waals surface area contributed by atoms with E-state index in [2.05, 4.69) is 69.6 Å². The highest BCUT2D eigenvalue weighted by Crippen LogP contribution is 2.51. The van der Waals surface area contributed by atoms with E-state index < -0.39 is 96.5 Å². The van der Waals surface area contributed by atoms with Crippen molar-refractivity contribution in [3.8, 4) is 50.7 Å². The zero-order valence-corrected chi connectivity index (χ0v) is 38.3. The molecule has 0 saturated carbocycles. The summed E-state index contributed by atoms with van der Waals surface area (Å²) in [4.78, 5) is 8.56. The Bertz CT molecular complexity index is 4430. The van der Waals surface area contributed by atoms with Crippen molar-refractivity contribution in [3.05, 3.63) is 217 Å². The van der Waals surface area contributed by atoms with E-state index in [1.807, 2.05) is 47.4 Å². The normalized spacial score (nSPS) is 16.7.